The van der Waals surface area contributed by atoms with E-state index in [1.807, 2.05) is 23.1 Å². The Hall–Kier alpha value is -1.55. The van der Waals surface area contributed by atoms with E-state index in [0.717, 1.165) is 55.3 Å². The highest BCUT2D eigenvalue weighted by Crippen LogP contribution is 2.34. The molecule has 2 aliphatic heterocycles. The summed E-state index contributed by atoms with van der Waals surface area (Å²) in [5.74, 6) is 2.65. The molecule has 0 aromatic heterocycles. The van der Waals surface area contributed by atoms with Crippen molar-refractivity contribution in [2.75, 3.05) is 19.7 Å². The summed E-state index contributed by atoms with van der Waals surface area (Å²) >= 11 is 0. The minimum atomic E-state index is 0.181. The van der Waals surface area contributed by atoms with Gasteiger partial charge in [0.1, 0.15) is 5.75 Å². The Bertz CT molecular complexity index is 616. The topological polar surface area (TPSA) is 41.6 Å². The smallest absolute Gasteiger partial charge is 0.254 e. The zero-order chi connectivity index (χ0) is 17.2. The third kappa shape index (κ3) is 3.55. The molecule has 1 N–H and O–H groups in total. The number of fused-ring (bicyclic) bond motifs is 1. The van der Waals surface area contributed by atoms with Gasteiger partial charge in [-0.1, -0.05) is 25.8 Å². The van der Waals surface area contributed by atoms with Crippen LogP contribution >= 0.6 is 0 Å². The van der Waals surface area contributed by atoms with E-state index >= 15 is 0 Å². The number of ether oxygens (including phenoxy) is 1. The van der Waals surface area contributed by atoms with Crippen LogP contribution in [0, 0.1) is 11.8 Å². The highest BCUT2D eigenvalue weighted by Gasteiger charge is 2.35. The fourth-order valence-corrected chi connectivity index (χ4v) is 4.56. The molecule has 1 saturated heterocycles. The van der Waals surface area contributed by atoms with E-state index in [0.29, 0.717) is 18.5 Å². The normalized spacial score (nSPS) is 29.6. The van der Waals surface area contributed by atoms with Crippen molar-refractivity contribution in [1.29, 1.82) is 0 Å². The first kappa shape index (κ1) is 16.9. The molecule has 4 rings (SSSR count). The summed E-state index contributed by atoms with van der Waals surface area (Å²) in [5.41, 5.74) is 1.95. The van der Waals surface area contributed by atoms with Gasteiger partial charge in [-0.25, -0.2) is 0 Å². The lowest BCUT2D eigenvalue weighted by atomic mass is 9.83. The minimum absolute atomic E-state index is 0.181. The van der Waals surface area contributed by atoms with Crippen LogP contribution in [0.3, 0.4) is 0 Å². The number of rotatable bonds is 4. The molecule has 0 radical (unpaired) electrons. The monoisotopic (exact) mass is 342 g/mol. The molecule has 0 bridgehead atoms. The predicted molar refractivity (Wildman–Crippen MR) is 98.8 cm³/mol. The van der Waals surface area contributed by atoms with Crippen molar-refractivity contribution < 1.29 is 9.53 Å². The lowest BCUT2D eigenvalue weighted by Gasteiger charge is -2.31. The SMILES string of the molecule is CC1CCC(COc2cccc3c2CN(C2CCCNC2)C3=O)CC1. The molecule has 0 spiro atoms. The van der Waals surface area contributed by atoms with Crippen molar-refractivity contribution in [1.82, 2.24) is 10.2 Å². The number of nitrogens with zero attached hydrogens (tertiary/aromatic N) is 1. The van der Waals surface area contributed by atoms with Crippen molar-refractivity contribution >= 4 is 5.91 Å². The van der Waals surface area contributed by atoms with Gasteiger partial charge in [-0.2, -0.15) is 0 Å². The molecule has 1 aromatic rings. The average Bonchev–Trinajstić information content (AvgIpc) is 3.00. The number of benzene rings is 1. The molecular formula is C21H30N2O2. The highest BCUT2D eigenvalue weighted by atomic mass is 16.5. The van der Waals surface area contributed by atoms with Crippen molar-refractivity contribution in [3.8, 4) is 5.75 Å². The maximum Gasteiger partial charge on any atom is 0.254 e. The molecule has 1 saturated carbocycles. The van der Waals surface area contributed by atoms with Gasteiger partial charge >= 0.3 is 0 Å². The van der Waals surface area contributed by atoms with Gasteiger partial charge in [0.25, 0.3) is 5.91 Å². The lowest BCUT2D eigenvalue weighted by molar-refractivity contribution is 0.0674. The van der Waals surface area contributed by atoms with Crippen LogP contribution < -0.4 is 10.1 Å². The molecule has 4 nitrogen and oxygen atoms in total. The van der Waals surface area contributed by atoms with Crippen LogP contribution in [0.1, 0.15) is 61.4 Å². The number of nitrogens with one attached hydrogen (secondary N) is 1. The Morgan fingerprint density at radius 1 is 1.20 bits per heavy atom. The van der Waals surface area contributed by atoms with Gasteiger partial charge in [0.15, 0.2) is 0 Å². The number of hydrogen-bond donors (Lipinski definition) is 1. The summed E-state index contributed by atoms with van der Waals surface area (Å²) in [5, 5.41) is 3.42. The molecule has 2 heterocycles. The van der Waals surface area contributed by atoms with Gasteiger partial charge < -0.3 is 15.0 Å². The van der Waals surface area contributed by atoms with E-state index < -0.39 is 0 Å². The molecule has 1 aromatic carbocycles. The van der Waals surface area contributed by atoms with Crippen LogP contribution in [-0.4, -0.2) is 36.5 Å². The number of hydrogen-bond acceptors (Lipinski definition) is 3. The van der Waals surface area contributed by atoms with Crippen LogP contribution in [0.4, 0.5) is 0 Å². The van der Waals surface area contributed by atoms with Crippen LogP contribution in [0.15, 0.2) is 18.2 Å². The van der Waals surface area contributed by atoms with Crippen molar-refractivity contribution in [3.05, 3.63) is 29.3 Å². The Labute approximate surface area is 150 Å². The Morgan fingerprint density at radius 3 is 2.80 bits per heavy atom. The van der Waals surface area contributed by atoms with E-state index in [1.165, 1.54) is 25.7 Å². The highest BCUT2D eigenvalue weighted by molar-refractivity contribution is 5.99. The number of carbonyl (C=O) groups excluding carboxylic acids is 1. The second-order valence-corrected chi connectivity index (χ2v) is 8.15. The number of carbonyl (C=O) groups is 1. The van der Waals surface area contributed by atoms with Crippen LogP contribution in [0.5, 0.6) is 5.75 Å². The van der Waals surface area contributed by atoms with Crippen LogP contribution in [0.25, 0.3) is 0 Å². The van der Waals surface area contributed by atoms with Gasteiger partial charge in [0.2, 0.25) is 0 Å². The van der Waals surface area contributed by atoms with E-state index in [-0.39, 0.29) is 5.91 Å². The molecule has 1 unspecified atom stereocenters. The third-order valence-corrected chi connectivity index (χ3v) is 6.27. The molecule has 1 atom stereocenters. The first-order valence-corrected chi connectivity index (χ1v) is 9.98. The van der Waals surface area contributed by atoms with Gasteiger partial charge in [0, 0.05) is 23.7 Å². The maximum absolute atomic E-state index is 12.8. The quantitative estimate of drug-likeness (QED) is 0.909. The zero-order valence-corrected chi connectivity index (χ0v) is 15.3. The molecule has 4 heteroatoms. The molecule has 25 heavy (non-hydrogen) atoms. The minimum Gasteiger partial charge on any atom is -0.493 e. The van der Waals surface area contributed by atoms with Crippen molar-refractivity contribution in [3.63, 3.8) is 0 Å². The largest absolute Gasteiger partial charge is 0.493 e. The number of piperidine rings is 1. The van der Waals surface area contributed by atoms with Gasteiger partial charge in [0.05, 0.1) is 13.2 Å². The lowest BCUT2D eigenvalue weighted by Crippen LogP contribution is -2.46. The van der Waals surface area contributed by atoms with Crippen LogP contribution in [-0.2, 0) is 6.54 Å². The molecule has 2 fully saturated rings. The Morgan fingerprint density at radius 2 is 2.04 bits per heavy atom. The summed E-state index contributed by atoms with van der Waals surface area (Å²) in [6.45, 7) is 5.83. The average molecular weight is 342 g/mol. The summed E-state index contributed by atoms with van der Waals surface area (Å²) in [4.78, 5) is 14.9. The second kappa shape index (κ2) is 7.36. The first-order chi connectivity index (χ1) is 12.2. The second-order valence-electron chi connectivity index (χ2n) is 8.15. The molecule has 3 aliphatic rings. The van der Waals surface area contributed by atoms with E-state index in [4.69, 9.17) is 4.74 Å². The summed E-state index contributed by atoms with van der Waals surface area (Å²) in [7, 11) is 0. The molecule has 1 aliphatic carbocycles. The summed E-state index contributed by atoms with van der Waals surface area (Å²) < 4.78 is 6.21. The molecule has 136 valence electrons. The summed E-state index contributed by atoms with van der Waals surface area (Å²) in [6, 6.07) is 6.29. The Kier molecular flexibility index (Phi) is 4.98. The standard InChI is InChI=1S/C21H30N2O2/c1-15-7-9-16(10-8-15)14-25-20-6-2-5-18-19(20)13-23(21(18)24)17-4-3-11-22-12-17/h2,5-6,15-17,22H,3-4,7-14H2,1H3. The molecular weight excluding hydrogens is 312 g/mol. The van der Waals surface area contributed by atoms with Gasteiger partial charge in [-0.3, -0.25) is 4.79 Å². The van der Waals surface area contributed by atoms with Crippen molar-refractivity contribution in [2.45, 2.75) is 58.0 Å². The Balaban J connectivity index is 1.43. The van der Waals surface area contributed by atoms with E-state index in [2.05, 4.69) is 12.2 Å². The van der Waals surface area contributed by atoms with E-state index in [1.54, 1.807) is 0 Å². The third-order valence-electron chi connectivity index (χ3n) is 6.27. The first-order valence-electron chi connectivity index (χ1n) is 9.98. The summed E-state index contributed by atoms with van der Waals surface area (Å²) in [6.07, 6.45) is 7.44. The fraction of sp³-hybridized carbons (Fsp3) is 0.667. The van der Waals surface area contributed by atoms with Gasteiger partial charge in [-0.15, -0.1) is 0 Å². The van der Waals surface area contributed by atoms with Crippen molar-refractivity contribution in [2.24, 2.45) is 11.8 Å². The van der Waals surface area contributed by atoms with Crippen LogP contribution in [0.2, 0.25) is 0 Å². The van der Waals surface area contributed by atoms with Gasteiger partial charge in [-0.05, 0) is 56.2 Å². The fourth-order valence-electron chi connectivity index (χ4n) is 4.56. The maximum atomic E-state index is 12.8. The predicted octanol–water partition coefficient (Wildman–Crippen LogP) is 3.60. The number of amides is 1. The molecule has 1 amide bonds. The van der Waals surface area contributed by atoms with E-state index in [9.17, 15) is 4.79 Å². The zero-order valence-electron chi connectivity index (χ0n) is 15.3.